The van der Waals surface area contributed by atoms with E-state index >= 15 is 0 Å². The molecule has 3 fully saturated rings. The molecule has 19 heavy (non-hydrogen) atoms. The Morgan fingerprint density at radius 2 is 2.00 bits per heavy atom. The summed E-state index contributed by atoms with van der Waals surface area (Å²) in [4.78, 5) is 33.2. The number of fused-ring (bicyclic) bond motifs is 3. The van der Waals surface area contributed by atoms with Crippen molar-refractivity contribution >= 4 is 11.9 Å². The molecule has 1 saturated carbocycles. The molecular weight excluding hydrogens is 246 g/mol. The minimum atomic E-state index is -0.804. The number of carboxylic acids is 1. The summed E-state index contributed by atoms with van der Waals surface area (Å²) in [6.45, 7) is 0.630. The molecule has 100 valence electrons. The number of rotatable bonds is 2. The molecule has 3 aliphatic rings. The van der Waals surface area contributed by atoms with Gasteiger partial charge in [0, 0.05) is 25.0 Å². The molecule has 2 aliphatic heterocycles. The summed E-state index contributed by atoms with van der Waals surface area (Å²) < 4.78 is 0. The van der Waals surface area contributed by atoms with Crippen molar-refractivity contribution in [2.24, 2.45) is 11.8 Å². The van der Waals surface area contributed by atoms with Gasteiger partial charge in [-0.15, -0.1) is 0 Å². The normalized spacial score (nSPS) is 29.3. The Balaban J connectivity index is 1.85. The second-order valence-corrected chi connectivity index (χ2v) is 5.22. The van der Waals surface area contributed by atoms with E-state index in [1.54, 1.807) is 11.0 Å². The highest BCUT2D eigenvalue weighted by Gasteiger charge is 2.46. The van der Waals surface area contributed by atoms with Crippen LogP contribution in [0.15, 0.2) is 18.5 Å². The van der Waals surface area contributed by atoms with Gasteiger partial charge in [-0.2, -0.15) is 0 Å². The number of carbonyl (C=O) groups is 2. The Kier molecular flexibility index (Phi) is 2.93. The van der Waals surface area contributed by atoms with Gasteiger partial charge in [-0.25, -0.2) is 9.97 Å². The molecule has 0 radical (unpaired) electrons. The summed E-state index contributed by atoms with van der Waals surface area (Å²) in [5.74, 6) is -1.06. The van der Waals surface area contributed by atoms with Gasteiger partial charge in [0.25, 0.3) is 5.91 Å². The highest BCUT2D eigenvalue weighted by atomic mass is 16.4. The number of hydrogen-bond acceptors (Lipinski definition) is 4. The first-order valence-electron chi connectivity index (χ1n) is 6.47. The van der Waals surface area contributed by atoms with Crippen LogP contribution >= 0.6 is 0 Å². The van der Waals surface area contributed by atoms with Crippen molar-refractivity contribution in [1.82, 2.24) is 14.9 Å². The molecule has 1 N–H and O–H groups in total. The maximum Gasteiger partial charge on any atom is 0.308 e. The molecule has 6 heteroatoms. The first-order valence-corrected chi connectivity index (χ1v) is 6.47. The third-order valence-electron chi connectivity index (χ3n) is 4.11. The summed E-state index contributed by atoms with van der Waals surface area (Å²) >= 11 is 0. The summed E-state index contributed by atoms with van der Waals surface area (Å²) in [6, 6.07) is 1.44. The summed E-state index contributed by atoms with van der Waals surface area (Å²) in [5, 5.41) is 9.26. The number of piperidine rings is 2. The highest BCUT2D eigenvalue weighted by molar-refractivity contribution is 5.91. The first-order chi connectivity index (χ1) is 9.16. The standard InChI is InChI=1S/C13H15N3O3/c17-12(11-14-4-1-5-15-11)16-7-8-2-3-10(16)9(6-8)13(18)19/h1,4-5,8-10H,2-3,6-7H2,(H,18,19)/t8-,9-,10+/m1/s1. The molecule has 0 aromatic carbocycles. The lowest BCUT2D eigenvalue weighted by atomic mass is 9.72. The van der Waals surface area contributed by atoms with E-state index in [4.69, 9.17) is 0 Å². The van der Waals surface area contributed by atoms with Gasteiger partial charge in [-0.3, -0.25) is 9.59 Å². The Morgan fingerprint density at radius 1 is 1.26 bits per heavy atom. The average Bonchev–Trinajstić information content (AvgIpc) is 2.47. The third-order valence-corrected chi connectivity index (χ3v) is 4.11. The van der Waals surface area contributed by atoms with Crippen LogP contribution in [-0.4, -0.2) is 44.4 Å². The lowest BCUT2D eigenvalue weighted by molar-refractivity contribution is -0.148. The number of hydrogen-bond donors (Lipinski definition) is 1. The van der Waals surface area contributed by atoms with Crippen molar-refractivity contribution in [2.75, 3.05) is 6.54 Å². The molecule has 4 rings (SSSR count). The second-order valence-electron chi connectivity index (χ2n) is 5.22. The fraction of sp³-hybridized carbons (Fsp3) is 0.538. The zero-order valence-electron chi connectivity index (χ0n) is 10.4. The minimum Gasteiger partial charge on any atom is -0.481 e. The number of carbonyl (C=O) groups excluding carboxylic acids is 1. The maximum absolute atomic E-state index is 12.4. The number of aromatic nitrogens is 2. The molecule has 1 aliphatic carbocycles. The van der Waals surface area contributed by atoms with Crippen LogP contribution in [0.5, 0.6) is 0 Å². The molecule has 1 amide bonds. The highest BCUT2D eigenvalue weighted by Crippen LogP contribution is 2.39. The number of amides is 1. The van der Waals surface area contributed by atoms with E-state index in [0.717, 1.165) is 12.8 Å². The van der Waals surface area contributed by atoms with E-state index < -0.39 is 11.9 Å². The average molecular weight is 261 g/mol. The van der Waals surface area contributed by atoms with Crippen LogP contribution < -0.4 is 0 Å². The molecule has 6 nitrogen and oxygen atoms in total. The summed E-state index contributed by atoms with van der Waals surface area (Å²) in [6.07, 6.45) is 5.50. The quantitative estimate of drug-likeness (QED) is 0.851. The Hall–Kier alpha value is -1.98. The molecule has 2 saturated heterocycles. The van der Waals surface area contributed by atoms with Gasteiger partial charge < -0.3 is 10.0 Å². The van der Waals surface area contributed by atoms with E-state index in [1.165, 1.54) is 12.4 Å². The molecule has 3 atom stereocenters. The number of carboxylic acid groups (broad SMARTS) is 1. The van der Waals surface area contributed by atoms with Crippen molar-refractivity contribution in [1.29, 1.82) is 0 Å². The van der Waals surface area contributed by atoms with E-state index in [0.29, 0.717) is 18.9 Å². The maximum atomic E-state index is 12.4. The minimum absolute atomic E-state index is 0.152. The van der Waals surface area contributed by atoms with Gasteiger partial charge >= 0.3 is 5.97 Å². The Labute approximate surface area is 110 Å². The topological polar surface area (TPSA) is 83.4 Å². The van der Waals surface area contributed by atoms with Crippen LogP contribution in [0.2, 0.25) is 0 Å². The summed E-state index contributed by atoms with van der Waals surface area (Å²) in [5.41, 5.74) is 0. The first kappa shape index (κ1) is 12.1. The van der Waals surface area contributed by atoms with Gasteiger partial charge in [0.05, 0.1) is 5.92 Å². The molecular formula is C13H15N3O3. The van der Waals surface area contributed by atoms with Crippen LogP contribution in [0.25, 0.3) is 0 Å². The van der Waals surface area contributed by atoms with E-state index in [-0.39, 0.29) is 17.8 Å². The fourth-order valence-corrected chi connectivity index (χ4v) is 3.23. The zero-order valence-corrected chi connectivity index (χ0v) is 10.4. The van der Waals surface area contributed by atoms with Crippen molar-refractivity contribution in [3.05, 3.63) is 24.3 Å². The second kappa shape index (κ2) is 4.60. The Bertz CT molecular complexity index is 505. The largest absolute Gasteiger partial charge is 0.481 e. The van der Waals surface area contributed by atoms with Crippen LogP contribution in [-0.2, 0) is 4.79 Å². The van der Waals surface area contributed by atoms with Crippen molar-refractivity contribution in [2.45, 2.75) is 25.3 Å². The van der Waals surface area contributed by atoms with Crippen LogP contribution in [0.3, 0.4) is 0 Å². The van der Waals surface area contributed by atoms with Gasteiger partial charge in [0.1, 0.15) is 0 Å². The molecule has 0 unspecified atom stereocenters. The molecule has 1 aromatic heterocycles. The van der Waals surface area contributed by atoms with Crippen LogP contribution in [0, 0.1) is 11.8 Å². The van der Waals surface area contributed by atoms with Crippen molar-refractivity contribution in [3.8, 4) is 0 Å². The third kappa shape index (κ3) is 2.07. The Morgan fingerprint density at radius 3 is 2.63 bits per heavy atom. The monoisotopic (exact) mass is 261 g/mol. The van der Waals surface area contributed by atoms with E-state index in [2.05, 4.69) is 9.97 Å². The van der Waals surface area contributed by atoms with Crippen molar-refractivity contribution < 1.29 is 14.7 Å². The fourth-order valence-electron chi connectivity index (χ4n) is 3.23. The predicted octanol–water partition coefficient (Wildman–Crippen LogP) is 0.802. The zero-order chi connectivity index (χ0) is 13.4. The van der Waals surface area contributed by atoms with Gasteiger partial charge in [-0.05, 0) is 31.2 Å². The molecule has 3 heterocycles. The molecule has 2 bridgehead atoms. The number of aliphatic carboxylic acids is 1. The lowest BCUT2D eigenvalue weighted by Gasteiger charge is -2.48. The smallest absolute Gasteiger partial charge is 0.308 e. The lowest BCUT2D eigenvalue weighted by Crippen LogP contribution is -2.57. The number of nitrogens with zero attached hydrogens (tertiary/aromatic N) is 3. The predicted molar refractivity (Wildman–Crippen MR) is 65.3 cm³/mol. The van der Waals surface area contributed by atoms with E-state index in [1.807, 2.05) is 0 Å². The van der Waals surface area contributed by atoms with E-state index in [9.17, 15) is 14.7 Å². The molecule has 0 spiro atoms. The van der Waals surface area contributed by atoms with Crippen molar-refractivity contribution in [3.63, 3.8) is 0 Å². The molecule has 1 aromatic rings. The van der Waals surface area contributed by atoms with Gasteiger partial charge in [0.2, 0.25) is 5.82 Å². The van der Waals surface area contributed by atoms with Gasteiger partial charge in [0.15, 0.2) is 0 Å². The van der Waals surface area contributed by atoms with Gasteiger partial charge in [-0.1, -0.05) is 0 Å². The SMILES string of the molecule is O=C(O)[C@@H]1C[C@H]2CC[C@@H]1N(C(=O)c1ncccn1)C2. The summed E-state index contributed by atoms with van der Waals surface area (Å²) in [7, 11) is 0. The van der Waals surface area contributed by atoms with Crippen LogP contribution in [0.4, 0.5) is 0 Å². The van der Waals surface area contributed by atoms with Crippen LogP contribution in [0.1, 0.15) is 29.9 Å².